The van der Waals surface area contributed by atoms with Gasteiger partial charge in [-0.05, 0) is 15.9 Å². The van der Waals surface area contributed by atoms with Gasteiger partial charge in [-0.3, -0.25) is 4.98 Å². The third-order valence-corrected chi connectivity index (χ3v) is 2.26. The maximum absolute atomic E-state index is 12.2. The molecule has 1 rings (SSSR count). The minimum atomic E-state index is -2.74. The lowest BCUT2D eigenvalue weighted by Crippen LogP contribution is -2.01. The van der Waals surface area contributed by atoms with Gasteiger partial charge in [0.25, 0.3) is 6.43 Å². The van der Waals surface area contributed by atoms with Gasteiger partial charge in [-0.1, -0.05) is 0 Å². The summed E-state index contributed by atoms with van der Waals surface area (Å²) in [6.45, 7) is 0. The number of aromatic nitrogens is 1. The lowest BCUT2D eigenvalue weighted by atomic mass is 10.2. The molecule has 1 aromatic rings. The second-order valence-electron chi connectivity index (χ2n) is 2.20. The maximum atomic E-state index is 12.2. The number of hydrogen-bond donors (Lipinski definition) is 1. The highest BCUT2D eigenvalue weighted by Crippen LogP contribution is 2.28. The Kier molecular flexibility index (Phi) is 2.92. The van der Waals surface area contributed by atoms with E-state index < -0.39 is 18.0 Å². The number of halogens is 3. The summed E-state index contributed by atoms with van der Waals surface area (Å²) in [7, 11) is 0. The number of aromatic carboxylic acids is 1. The second-order valence-corrected chi connectivity index (χ2v) is 2.99. The van der Waals surface area contributed by atoms with E-state index in [0.29, 0.717) is 0 Å². The molecule has 1 heterocycles. The molecule has 13 heavy (non-hydrogen) atoms. The molecule has 0 saturated carbocycles. The standard InChI is InChI=1S/C7H4BrF2NO2/c8-5-3(6(9)10)1-11-2-4(5)7(12)13/h1-2,6H,(H,12,13). The smallest absolute Gasteiger partial charge is 0.338 e. The molecule has 1 aromatic heterocycles. The van der Waals surface area contributed by atoms with Gasteiger partial charge in [0.15, 0.2) is 0 Å². The van der Waals surface area contributed by atoms with Gasteiger partial charge in [0, 0.05) is 16.9 Å². The van der Waals surface area contributed by atoms with E-state index in [1.807, 2.05) is 0 Å². The average Bonchev–Trinajstić information content (AvgIpc) is 2.03. The summed E-state index contributed by atoms with van der Waals surface area (Å²) >= 11 is 2.78. The summed E-state index contributed by atoms with van der Waals surface area (Å²) in [5.74, 6) is -1.29. The van der Waals surface area contributed by atoms with Gasteiger partial charge in [-0.25, -0.2) is 13.6 Å². The molecule has 0 aromatic carbocycles. The highest BCUT2D eigenvalue weighted by Gasteiger charge is 2.18. The molecule has 0 unspecified atom stereocenters. The molecular weight excluding hydrogens is 248 g/mol. The first-order chi connectivity index (χ1) is 6.04. The zero-order chi connectivity index (χ0) is 10.0. The minimum absolute atomic E-state index is 0.120. The van der Waals surface area contributed by atoms with Crippen molar-refractivity contribution in [2.75, 3.05) is 0 Å². The van der Waals surface area contributed by atoms with Crippen LogP contribution in [0.5, 0.6) is 0 Å². The Morgan fingerprint density at radius 1 is 1.54 bits per heavy atom. The van der Waals surface area contributed by atoms with Crippen molar-refractivity contribution in [3.63, 3.8) is 0 Å². The Balaban J connectivity index is 3.26. The van der Waals surface area contributed by atoms with Gasteiger partial charge in [-0.2, -0.15) is 0 Å². The molecular formula is C7H4BrF2NO2. The van der Waals surface area contributed by atoms with Crippen LogP contribution in [0.2, 0.25) is 0 Å². The van der Waals surface area contributed by atoms with Crippen LogP contribution in [-0.2, 0) is 0 Å². The largest absolute Gasteiger partial charge is 0.478 e. The number of carboxylic acids is 1. The van der Waals surface area contributed by atoms with Gasteiger partial charge in [0.1, 0.15) is 0 Å². The third kappa shape index (κ3) is 2.00. The van der Waals surface area contributed by atoms with Crippen molar-refractivity contribution >= 4 is 21.9 Å². The molecule has 0 aliphatic carbocycles. The Labute approximate surface area is 80.5 Å². The number of rotatable bonds is 2. The first kappa shape index (κ1) is 10.0. The lowest BCUT2D eigenvalue weighted by molar-refractivity contribution is 0.0694. The molecule has 3 nitrogen and oxygen atoms in total. The van der Waals surface area contributed by atoms with Gasteiger partial charge >= 0.3 is 5.97 Å². The van der Waals surface area contributed by atoms with Crippen LogP contribution in [0.3, 0.4) is 0 Å². The van der Waals surface area contributed by atoms with Crippen LogP contribution in [0.1, 0.15) is 22.3 Å². The predicted molar refractivity (Wildman–Crippen MR) is 43.9 cm³/mol. The molecule has 0 bridgehead atoms. The van der Waals surface area contributed by atoms with E-state index in [2.05, 4.69) is 20.9 Å². The Bertz CT molecular complexity index is 343. The summed E-state index contributed by atoms with van der Waals surface area (Å²) in [6.07, 6.45) is -0.791. The molecule has 0 fully saturated rings. The molecule has 0 atom stereocenters. The van der Waals surface area contributed by atoms with Crippen molar-refractivity contribution in [1.82, 2.24) is 4.98 Å². The van der Waals surface area contributed by atoms with Crippen LogP contribution in [0.25, 0.3) is 0 Å². The fraction of sp³-hybridized carbons (Fsp3) is 0.143. The van der Waals surface area contributed by atoms with Gasteiger partial charge in [0.05, 0.1) is 11.1 Å². The molecule has 70 valence electrons. The third-order valence-electron chi connectivity index (χ3n) is 1.37. The first-order valence-electron chi connectivity index (χ1n) is 3.19. The van der Waals surface area contributed by atoms with Crippen LogP contribution in [0, 0.1) is 0 Å². The quantitative estimate of drug-likeness (QED) is 0.879. The van der Waals surface area contributed by atoms with Crippen molar-refractivity contribution in [3.05, 3.63) is 28.0 Å². The van der Waals surface area contributed by atoms with Crippen LogP contribution in [0.4, 0.5) is 8.78 Å². The summed E-state index contributed by atoms with van der Waals surface area (Å²) < 4.78 is 24.3. The summed E-state index contributed by atoms with van der Waals surface area (Å²) in [5, 5.41) is 8.56. The highest BCUT2D eigenvalue weighted by molar-refractivity contribution is 9.10. The topological polar surface area (TPSA) is 50.2 Å². The van der Waals surface area contributed by atoms with Crippen LogP contribution in [-0.4, -0.2) is 16.1 Å². The van der Waals surface area contributed by atoms with Crippen LogP contribution >= 0.6 is 15.9 Å². The fourth-order valence-corrected chi connectivity index (χ4v) is 1.31. The fourth-order valence-electron chi connectivity index (χ4n) is 0.762. The average molecular weight is 252 g/mol. The van der Waals surface area contributed by atoms with Crippen LogP contribution < -0.4 is 0 Å². The Morgan fingerprint density at radius 2 is 2.15 bits per heavy atom. The molecule has 1 N–H and O–H groups in total. The van der Waals surface area contributed by atoms with E-state index in [0.717, 1.165) is 12.4 Å². The zero-order valence-electron chi connectivity index (χ0n) is 6.17. The highest BCUT2D eigenvalue weighted by atomic mass is 79.9. The Morgan fingerprint density at radius 3 is 2.62 bits per heavy atom. The van der Waals surface area contributed by atoms with Crippen molar-refractivity contribution in [2.24, 2.45) is 0 Å². The van der Waals surface area contributed by atoms with Gasteiger partial charge in [-0.15, -0.1) is 0 Å². The zero-order valence-corrected chi connectivity index (χ0v) is 7.75. The predicted octanol–water partition coefficient (Wildman–Crippen LogP) is 2.48. The van der Waals surface area contributed by atoms with Crippen molar-refractivity contribution < 1.29 is 18.7 Å². The van der Waals surface area contributed by atoms with E-state index in [1.165, 1.54) is 0 Å². The van der Waals surface area contributed by atoms with Crippen LogP contribution in [0.15, 0.2) is 16.9 Å². The Hall–Kier alpha value is -1.04. The number of alkyl halides is 2. The summed E-state index contributed by atoms with van der Waals surface area (Å²) in [4.78, 5) is 13.9. The molecule has 0 aliphatic heterocycles. The van der Waals surface area contributed by atoms with Crippen molar-refractivity contribution in [1.29, 1.82) is 0 Å². The molecule has 0 amide bonds. The van der Waals surface area contributed by atoms with E-state index in [4.69, 9.17) is 5.11 Å². The summed E-state index contributed by atoms with van der Waals surface area (Å²) in [6, 6.07) is 0. The van der Waals surface area contributed by atoms with Gasteiger partial charge in [0.2, 0.25) is 0 Å². The summed E-state index contributed by atoms with van der Waals surface area (Å²) in [5.41, 5.74) is -0.683. The SMILES string of the molecule is O=C(O)c1cncc(C(F)F)c1Br. The maximum Gasteiger partial charge on any atom is 0.338 e. The second kappa shape index (κ2) is 3.78. The van der Waals surface area contributed by atoms with Gasteiger partial charge < -0.3 is 5.11 Å². The number of nitrogens with zero attached hydrogens (tertiary/aromatic N) is 1. The number of carbonyl (C=O) groups is 1. The number of hydrogen-bond acceptors (Lipinski definition) is 2. The van der Waals surface area contributed by atoms with E-state index in [1.54, 1.807) is 0 Å². The molecule has 0 spiro atoms. The minimum Gasteiger partial charge on any atom is -0.478 e. The monoisotopic (exact) mass is 251 g/mol. The molecule has 0 radical (unpaired) electrons. The van der Waals surface area contributed by atoms with Crippen molar-refractivity contribution in [3.8, 4) is 0 Å². The number of carboxylic acid groups (broad SMARTS) is 1. The normalized spacial score (nSPS) is 10.5. The van der Waals surface area contributed by atoms with E-state index in [-0.39, 0.29) is 10.0 Å². The molecule has 0 saturated heterocycles. The van der Waals surface area contributed by atoms with Crippen molar-refractivity contribution in [2.45, 2.75) is 6.43 Å². The molecule has 0 aliphatic rings. The van der Waals surface area contributed by atoms with E-state index in [9.17, 15) is 13.6 Å². The van der Waals surface area contributed by atoms with E-state index >= 15 is 0 Å². The number of pyridine rings is 1. The molecule has 6 heteroatoms. The first-order valence-corrected chi connectivity index (χ1v) is 3.98. The lowest BCUT2D eigenvalue weighted by Gasteiger charge is -2.04.